The highest BCUT2D eigenvalue weighted by Crippen LogP contribution is 2.17. The van der Waals surface area contributed by atoms with E-state index in [9.17, 15) is 9.59 Å². The summed E-state index contributed by atoms with van der Waals surface area (Å²) in [6, 6.07) is 7.71. The first-order valence-corrected chi connectivity index (χ1v) is 7.72. The van der Waals surface area contributed by atoms with Gasteiger partial charge in [0.1, 0.15) is 5.75 Å². The minimum atomic E-state index is -0.108. The van der Waals surface area contributed by atoms with Crippen molar-refractivity contribution in [1.29, 1.82) is 0 Å². The van der Waals surface area contributed by atoms with Crippen molar-refractivity contribution >= 4 is 11.8 Å². The molecule has 1 aromatic carbocycles. The molecule has 0 aliphatic rings. The first-order valence-electron chi connectivity index (χ1n) is 7.72. The molecule has 0 bridgehead atoms. The van der Waals surface area contributed by atoms with Crippen LogP contribution in [0.15, 0.2) is 24.3 Å². The summed E-state index contributed by atoms with van der Waals surface area (Å²) in [5.74, 6) is 0.600. The predicted molar refractivity (Wildman–Crippen MR) is 86.9 cm³/mol. The van der Waals surface area contributed by atoms with Gasteiger partial charge in [0.05, 0.1) is 13.7 Å². The van der Waals surface area contributed by atoms with E-state index in [1.54, 1.807) is 12.0 Å². The summed E-state index contributed by atoms with van der Waals surface area (Å²) in [7, 11) is 1.63. The normalized spacial score (nSPS) is 10.1. The van der Waals surface area contributed by atoms with Gasteiger partial charge in [-0.2, -0.15) is 0 Å². The molecule has 2 amide bonds. The van der Waals surface area contributed by atoms with E-state index < -0.39 is 0 Å². The van der Waals surface area contributed by atoms with Gasteiger partial charge in [-0.15, -0.1) is 0 Å². The van der Waals surface area contributed by atoms with Crippen molar-refractivity contribution in [2.45, 2.75) is 33.1 Å². The van der Waals surface area contributed by atoms with Crippen LogP contribution in [-0.2, 0) is 16.0 Å². The van der Waals surface area contributed by atoms with Crippen LogP contribution in [0.25, 0.3) is 0 Å². The number of ether oxygens (including phenoxy) is 1. The Morgan fingerprint density at radius 3 is 2.64 bits per heavy atom. The molecule has 1 N–H and O–H groups in total. The highest BCUT2D eigenvalue weighted by atomic mass is 16.5. The standard InChI is InChI=1S/C17H26N2O3/c1-4-5-11-18-17(21)13-19(14(2)20)12-10-15-8-6-7-9-16(15)22-3/h6-9H,4-5,10-13H2,1-3H3,(H,18,21). The van der Waals surface area contributed by atoms with E-state index in [0.29, 0.717) is 19.5 Å². The van der Waals surface area contributed by atoms with Gasteiger partial charge in [-0.05, 0) is 24.5 Å². The molecule has 0 atom stereocenters. The van der Waals surface area contributed by atoms with Crippen LogP contribution < -0.4 is 10.1 Å². The third-order valence-electron chi connectivity index (χ3n) is 3.48. The van der Waals surface area contributed by atoms with Gasteiger partial charge >= 0.3 is 0 Å². The van der Waals surface area contributed by atoms with Gasteiger partial charge in [-0.25, -0.2) is 0 Å². The number of amides is 2. The Kier molecular flexibility index (Phi) is 8.04. The Morgan fingerprint density at radius 1 is 1.27 bits per heavy atom. The number of methoxy groups -OCH3 is 1. The highest BCUT2D eigenvalue weighted by Gasteiger charge is 2.14. The molecular formula is C17H26N2O3. The van der Waals surface area contributed by atoms with E-state index in [0.717, 1.165) is 24.2 Å². The molecule has 122 valence electrons. The molecular weight excluding hydrogens is 280 g/mol. The zero-order valence-electron chi connectivity index (χ0n) is 13.7. The molecule has 5 nitrogen and oxygen atoms in total. The second-order valence-corrected chi connectivity index (χ2v) is 5.21. The minimum Gasteiger partial charge on any atom is -0.496 e. The summed E-state index contributed by atoms with van der Waals surface area (Å²) >= 11 is 0. The van der Waals surface area contributed by atoms with Crippen molar-refractivity contribution in [1.82, 2.24) is 10.2 Å². The van der Waals surface area contributed by atoms with E-state index in [1.807, 2.05) is 24.3 Å². The molecule has 1 rings (SSSR count). The van der Waals surface area contributed by atoms with Crippen LogP contribution >= 0.6 is 0 Å². The zero-order valence-corrected chi connectivity index (χ0v) is 13.7. The third-order valence-corrected chi connectivity index (χ3v) is 3.48. The quantitative estimate of drug-likeness (QED) is 0.710. The Morgan fingerprint density at radius 2 is 2.00 bits per heavy atom. The maximum atomic E-state index is 11.8. The number of rotatable bonds is 9. The van der Waals surface area contributed by atoms with E-state index in [-0.39, 0.29) is 18.4 Å². The lowest BCUT2D eigenvalue weighted by Crippen LogP contribution is -2.41. The molecule has 0 aliphatic heterocycles. The molecule has 0 aromatic heterocycles. The second kappa shape index (κ2) is 9.82. The second-order valence-electron chi connectivity index (χ2n) is 5.21. The molecule has 0 fully saturated rings. The highest BCUT2D eigenvalue weighted by molar-refractivity contribution is 5.83. The molecule has 1 aromatic rings. The Hall–Kier alpha value is -2.04. The van der Waals surface area contributed by atoms with Gasteiger partial charge in [-0.3, -0.25) is 9.59 Å². The SMILES string of the molecule is CCCCNC(=O)CN(CCc1ccccc1OC)C(C)=O. The first kappa shape index (κ1) is 18.0. The zero-order chi connectivity index (χ0) is 16.4. The van der Waals surface area contributed by atoms with Gasteiger partial charge in [-0.1, -0.05) is 31.5 Å². The molecule has 0 saturated carbocycles. The molecule has 0 aliphatic carbocycles. The maximum Gasteiger partial charge on any atom is 0.239 e. The van der Waals surface area contributed by atoms with Crippen molar-refractivity contribution in [2.24, 2.45) is 0 Å². The fraction of sp³-hybridized carbons (Fsp3) is 0.529. The number of unbranched alkanes of at least 4 members (excludes halogenated alkanes) is 1. The molecule has 0 heterocycles. The molecule has 0 unspecified atom stereocenters. The number of nitrogens with one attached hydrogen (secondary N) is 1. The Balaban J connectivity index is 2.54. The number of hydrogen-bond acceptors (Lipinski definition) is 3. The van der Waals surface area contributed by atoms with Gasteiger partial charge < -0.3 is 15.0 Å². The number of hydrogen-bond donors (Lipinski definition) is 1. The van der Waals surface area contributed by atoms with Crippen molar-refractivity contribution in [2.75, 3.05) is 26.7 Å². The van der Waals surface area contributed by atoms with Gasteiger partial charge in [0, 0.05) is 20.0 Å². The van der Waals surface area contributed by atoms with E-state index in [2.05, 4.69) is 12.2 Å². The van der Waals surface area contributed by atoms with Crippen molar-refractivity contribution in [3.63, 3.8) is 0 Å². The van der Waals surface area contributed by atoms with Gasteiger partial charge in [0.25, 0.3) is 0 Å². The first-order chi connectivity index (χ1) is 10.6. The fourth-order valence-corrected chi connectivity index (χ4v) is 2.15. The Bertz CT molecular complexity index is 489. The largest absolute Gasteiger partial charge is 0.496 e. The number of benzene rings is 1. The van der Waals surface area contributed by atoms with Crippen LogP contribution in [0.4, 0.5) is 0 Å². The van der Waals surface area contributed by atoms with Crippen LogP contribution in [-0.4, -0.2) is 43.5 Å². The van der Waals surface area contributed by atoms with E-state index >= 15 is 0 Å². The smallest absolute Gasteiger partial charge is 0.239 e. The van der Waals surface area contributed by atoms with Crippen LogP contribution in [0.5, 0.6) is 5.75 Å². The van der Waals surface area contributed by atoms with Gasteiger partial charge in [0.15, 0.2) is 0 Å². The van der Waals surface area contributed by atoms with Crippen molar-refractivity contribution in [3.05, 3.63) is 29.8 Å². The summed E-state index contributed by atoms with van der Waals surface area (Å²) in [5, 5.41) is 2.83. The van der Waals surface area contributed by atoms with Crippen molar-refractivity contribution < 1.29 is 14.3 Å². The van der Waals surface area contributed by atoms with Crippen molar-refractivity contribution in [3.8, 4) is 5.75 Å². The van der Waals surface area contributed by atoms with Gasteiger partial charge in [0.2, 0.25) is 11.8 Å². The summed E-state index contributed by atoms with van der Waals surface area (Å²) in [5.41, 5.74) is 1.03. The topological polar surface area (TPSA) is 58.6 Å². The van der Waals surface area contributed by atoms with Crippen LogP contribution in [0.2, 0.25) is 0 Å². The summed E-state index contributed by atoms with van der Waals surface area (Å²) < 4.78 is 5.30. The maximum absolute atomic E-state index is 11.8. The fourth-order valence-electron chi connectivity index (χ4n) is 2.15. The summed E-state index contributed by atoms with van der Waals surface area (Å²) in [6.07, 6.45) is 2.64. The molecule has 22 heavy (non-hydrogen) atoms. The number of para-hydroxylation sites is 1. The predicted octanol–water partition coefficient (Wildman–Crippen LogP) is 2.00. The molecule has 0 spiro atoms. The average molecular weight is 306 g/mol. The molecule has 0 saturated heterocycles. The lowest BCUT2D eigenvalue weighted by atomic mass is 10.1. The lowest BCUT2D eigenvalue weighted by Gasteiger charge is -2.21. The summed E-state index contributed by atoms with van der Waals surface area (Å²) in [4.78, 5) is 25.1. The summed E-state index contributed by atoms with van der Waals surface area (Å²) in [6.45, 7) is 4.82. The number of carbonyl (C=O) groups is 2. The van der Waals surface area contributed by atoms with Crippen LogP contribution in [0.1, 0.15) is 32.3 Å². The van der Waals surface area contributed by atoms with Crippen LogP contribution in [0, 0.1) is 0 Å². The van der Waals surface area contributed by atoms with E-state index in [1.165, 1.54) is 6.92 Å². The number of carbonyl (C=O) groups excluding carboxylic acids is 2. The monoisotopic (exact) mass is 306 g/mol. The average Bonchev–Trinajstić information content (AvgIpc) is 2.51. The molecule has 0 radical (unpaired) electrons. The van der Waals surface area contributed by atoms with Crippen LogP contribution in [0.3, 0.4) is 0 Å². The lowest BCUT2D eigenvalue weighted by molar-refractivity contribution is -0.134. The minimum absolute atomic E-state index is 0.0967. The third kappa shape index (κ3) is 6.16. The van der Waals surface area contributed by atoms with E-state index in [4.69, 9.17) is 4.74 Å². The number of nitrogens with zero attached hydrogens (tertiary/aromatic N) is 1. The Labute approximate surface area is 132 Å². The molecule has 5 heteroatoms.